The summed E-state index contributed by atoms with van der Waals surface area (Å²) in [6.07, 6.45) is 0.559. The summed E-state index contributed by atoms with van der Waals surface area (Å²) >= 11 is 0. The normalized spacial score (nSPS) is 10.7. The monoisotopic (exact) mass is 381 g/mol. The van der Waals surface area contributed by atoms with E-state index in [0.717, 1.165) is 5.56 Å². The number of hydrogen-bond acceptors (Lipinski definition) is 5. The molecule has 1 amide bonds. The van der Waals surface area contributed by atoms with E-state index in [0.29, 0.717) is 41.2 Å². The molecule has 1 N–H and O–H groups in total. The Morgan fingerprint density at radius 3 is 2.57 bits per heavy atom. The molecule has 146 valence electrons. The van der Waals surface area contributed by atoms with Gasteiger partial charge in [-0.3, -0.25) is 14.2 Å². The fourth-order valence-electron chi connectivity index (χ4n) is 3.04. The van der Waals surface area contributed by atoms with Crippen LogP contribution in [-0.2, 0) is 24.3 Å². The van der Waals surface area contributed by atoms with Gasteiger partial charge in [-0.25, -0.2) is 4.98 Å². The first-order chi connectivity index (χ1) is 13.6. The molecule has 1 heterocycles. The van der Waals surface area contributed by atoms with Crippen LogP contribution in [0.15, 0.2) is 47.3 Å². The number of nitrogens with zero attached hydrogens (tertiary/aromatic N) is 2. The topological polar surface area (TPSA) is 82.5 Å². The van der Waals surface area contributed by atoms with Gasteiger partial charge in [-0.15, -0.1) is 0 Å². The molecule has 0 unspecified atom stereocenters. The van der Waals surface area contributed by atoms with Crippen LogP contribution in [-0.4, -0.2) is 29.7 Å². The number of rotatable bonds is 7. The molecular weight excluding hydrogens is 358 g/mol. The standard InChI is InChI=1S/C21H23N3O4/c1-4-19-23-16-8-6-5-7-15(16)21(26)24(19)13-20(25)22-12-14-9-10-17(27-2)18(11-14)28-3/h5-11H,4,12-13H2,1-3H3,(H,22,25). The zero-order chi connectivity index (χ0) is 20.1. The molecule has 3 aromatic rings. The molecule has 7 nitrogen and oxygen atoms in total. The first kappa shape index (κ1) is 19.4. The Hall–Kier alpha value is -3.35. The quantitative estimate of drug-likeness (QED) is 0.679. The molecular formula is C21H23N3O4. The maximum atomic E-state index is 12.8. The number of para-hydroxylation sites is 1. The van der Waals surface area contributed by atoms with Crippen molar-refractivity contribution in [1.82, 2.24) is 14.9 Å². The van der Waals surface area contributed by atoms with Gasteiger partial charge in [0, 0.05) is 13.0 Å². The molecule has 0 saturated heterocycles. The van der Waals surface area contributed by atoms with Crippen LogP contribution in [0.1, 0.15) is 18.3 Å². The fourth-order valence-corrected chi connectivity index (χ4v) is 3.04. The van der Waals surface area contributed by atoms with Crippen molar-refractivity contribution < 1.29 is 14.3 Å². The van der Waals surface area contributed by atoms with Crippen LogP contribution in [0.5, 0.6) is 11.5 Å². The number of aryl methyl sites for hydroxylation is 1. The van der Waals surface area contributed by atoms with Gasteiger partial charge in [0.15, 0.2) is 11.5 Å². The van der Waals surface area contributed by atoms with Gasteiger partial charge in [-0.1, -0.05) is 25.1 Å². The smallest absolute Gasteiger partial charge is 0.261 e. The number of amides is 1. The Bertz CT molecular complexity index is 1060. The lowest BCUT2D eigenvalue weighted by atomic mass is 10.2. The number of carbonyl (C=O) groups is 1. The summed E-state index contributed by atoms with van der Waals surface area (Å²) in [5.41, 5.74) is 1.31. The number of aromatic nitrogens is 2. The van der Waals surface area contributed by atoms with Crippen molar-refractivity contribution in [1.29, 1.82) is 0 Å². The molecule has 0 atom stereocenters. The van der Waals surface area contributed by atoms with Crippen LogP contribution >= 0.6 is 0 Å². The summed E-state index contributed by atoms with van der Waals surface area (Å²) in [5.74, 6) is 1.55. The minimum atomic E-state index is -0.260. The Kier molecular flexibility index (Phi) is 5.93. The number of hydrogen-bond donors (Lipinski definition) is 1. The minimum absolute atomic E-state index is 0.0763. The summed E-state index contributed by atoms with van der Waals surface area (Å²) in [7, 11) is 3.13. The van der Waals surface area contributed by atoms with Crippen molar-refractivity contribution in [3.8, 4) is 11.5 Å². The Balaban J connectivity index is 1.77. The predicted octanol–water partition coefficient (Wildman–Crippen LogP) is 2.29. The summed E-state index contributed by atoms with van der Waals surface area (Å²) in [6.45, 7) is 2.15. The molecule has 3 rings (SSSR count). The number of ether oxygens (including phenoxy) is 2. The van der Waals surface area contributed by atoms with Gasteiger partial charge >= 0.3 is 0 Å². The van der Waals surface area contributed by atoms with Gasteiger partial charge in [0.2, 0.25) is 5.91 Å². The SMILES string of the molecule is CCc1nc2ccccc2c(=O)n1CC(=O)NCc1ccc(OC)c(OC)c1. The van der Waals surface area contributed by atoms with Crippen molar-refractivity contribution in [3.05, 3.63) is 64.2 Å². The summed E-state index contributed by atoms with van der Waals surface area (Å²) in [4.78, 5) is 29.8. The van der Waals surface area contributed by atoms with Crippen molar-refractivity contribution in [2.75, 3.05) is 14.2 Å². The number of methoxy groups -OCH3 is 2. The van der Waals surface area contributed by atoms with E-state index in [1.807, 2.05) is 19.1 Å². The number of carbonyl (C=O) groups excluding carboxylic acids is 1. The van der Waals surface area contributed by atoms with Crippen LogP contribution < -0.4 is 20.3 Å². The van der Waals surface area contributed by atoms with Crippen LogP contribution in [0.25, 0.3) is 10.9 Å². The van der Waals surface area contributed by atoms with Crippen molar-refractivity contribution in [2.24, 2.45) is 0 Å². The average molecular weight is 381 g/mol. The third kappa shape index (κ3) is 3.98. The highest BCUT2D eigenvalue weighted by molar-refractivity contribution is 5.79. The maximum Gasteiger partial charge on any atom is 0.261 e. The van der Waals surface area contributed by atoms with E-state index in [1.54, 1.807) is 44.6 Å². The molecule has 7 heteroatoms. The van der Waals surface area contributed by atoms with Gasteiger partial charge in [0.05, 0.1) is 25.1 Å². The van der Waals surface area contributed by atoms with Gasteiger partial charge in [0.1, 0.15) is 12.4 Å². The van der Waals surface area contributed by atoms with E-state index in [2.05, 4.69) is 10.3 Å². The first-order valence-electron chi connectivity index (χ1n) is 9.03. The van der Waals surface area contributed by atoms with Crippen molar-refractivity contribution in [3.63, 3.8) is 0 Å². The highest BCUT2D eigenvalue weighted by atomic mass is 16.5. The fraction of sp³-hybridized carbons (Fsp3) is 0.286. The van der Waals surface area contributed by atoms with E-state index in [9.17, 15) is 9.59 Å². The third-order valence-corrected chi connectivity index (χ3v) is 4.50. The molecule has 0 aliphatic rings. The van der Waals surface area contributed by atoms with Crippen molar-refractivity contribution in [2.45, 2.75) is 26.4 Å². The molecule has 1 aromatic heterocycles. The highest BCUT2D eigenvalue weighted by Crippen LogP contribution is 2.27. The van der Waals surface area contributed by atoms with Crippen LogP contribution in [0.3, 0.4) is 0 Å². The Morgan fingerprint density at radius 1 is 1.11 bits per heavy atom. The molecule has 28 heavy (non-hydrogen) atoms. The zero-order valence-electron chi connectivity index (χ0n) is 16.2. The van der Waals surface area contributed by atoms with Gasteiger partial charge in [0.25, 0.3) is 5.56 Å². The van der Waals surface area contributed by atoms with E-state index in [4.69, 9.17) is 9.47 Å². The second kappa shape index (κ2) is 8.56. The van der Waals surface area contributed by atoms with Crippen LogP contribution in [0, 0.1) is 0 Å². The molecule has 0 fully saturated rings. The molecule has 0 saturated carbocycles. The zero-order valence-corrected chi connectivity index (χ0v) is 16.2. The minimum Gasteiger partial charge on any atom is -0.493 e. The van der Waals surface area contributed by atoms with Gasteiger partial charge in [-0.05, 0) is 29.8 Å². The van der Waals surface area contributed by atoms with E-state index in [-0.39, 0.29) is 18.0 Å². The maximum absolute atomic E-state index is 12.8. The second-order valence-corrected chi connectivity index (χ2v) is 6.26. The average Bonchev–Trinajstić information content (AvgIpc) is 2.73. The van der Waals surface area contributed by atoms with Crippen LogP contribution in [0.4, 0.5) is 0 Å². The first-order valence-corrected chi connectivity index (χ1v) is 9.03. The van der Waals surface area contributed by atoms with E-state index >= 15 is 0 Å². The van der Waals surface area contributed by atoms with Crippen LogP contribution in [0.2, 0.25) is 0 Å². The lowest BCUT2D eigenvalue weighted by Gasteiger charge is -2.13. The number of nitrogens with one attached hydrogen (secondary N) is 1. The number of benzene rings is 2. The predicted molar refractivity (Wildman–Crippen MR) is 107 cm³/mol. The van der Waals surface area contributed by atoms with Gasteiger partial charge in [-0.2, -0.15) is 0 Å². The highest BCUT2D eigenvalue weighted by Gasteiger charge is 2.13. The second-order valence-electron chi connectivity index (χ2n) is 6.26. The largest absolute Gasteiger partial charge is 0.493 e. The third-order valence-electron chi connectivity index (χ3n) is 4.50. The number of fused-ring (bicyclic) bond motifs is 1. The molecule has 0 radical (unpaired) electrons. The summed E-state index contributed by atoms with van der Waals surface area (Å²) < 4.78 is 11.9. The molecule has 0 spiro atoms. The van der Waals surface area contributed by atoms with Crippen molar-refractivity contribution >= 4 is 16.8 Å². The summed E-state index contributed by atoms with van der Waals surface area (Å²) in [6, 6.07) is 12.6. The Morgan fingerprint density at radius 2 is 1.86 bits per heavy atom. The Labute approximate surface area is 162 Å². The van der Waals surface area contributed by atoms with Gasteiger partial charge < -0.3 is 14.8 Å². The molecule has 0 bridgehead atoms. The lowest BCUT2D eigenvalue weighted by Crippen LogP contribution is -2.34. The molecule has 2 aromatic carbocycles. The molecule has 0 aliphatic heterocycles. The van der Waals surface area contributed by atoms with E-state index < -0.39 is 0 Å². The van der Waals surface area contributed by atoms with E-state index in [1.165, 1.54) is 4.57 Å². The molecule has 0 aliphatic carbocycles. The lowest BCUT2D eigenvalue weighted by molar-refractivity contribution is -0.121. The summed E-state index contributed by atoms with van der Waals surface area (Å²) in [5, 5.41) is 3.35.